The van der Waals surface area contributed by atoms with Crippen LogP contribution in [0.2, 0.25) is 0 Å². The molecule has 1 nitrogen and oxygen atoms in total. The zero-order valence-corrected chi connectivity index (χ0v) is 9.29. The van der Waals surface area contributed by atoms with E-state index in [1.54, 1.807) is 24.3 Å². The Balaban J connectivity index is 2.60. The molecule has 0 saturated carbocycles. The van der Waals surface area contributed by atoms with Crippen LogP contribution in [0.3, 0.4) is 0 Å². The molecule has 0 bridgehead atoms. The van der Waals surface area contributed by atoms with Gasteiger partial charge in [0.25, 0.3) is 0 Å². The molecule has 0 atom stereocenters. The first-order chi connectivity index (χ1) is 7.58. The predicted molar refractivity (Wildman–Crippen MR) is 63.0 cm³/mol. The summed E-state index contributed by atoms with van der Waals surface area (Å²) in [5.74, 6) is -0.0305. The number of rotatable bonds is 1. The van der Waals surface area contributed by atoms with Gasteiger partial charge in [-0.25, -0.2) is 4.39 Å². The van der Waals surface area contributed by atoms with Gasteiger partial charge in [0, 0.05) is 5.56 Å². The fourth-order valence-electron chi connectivity index (χ4n) is 1.91. The van der Waals surface area contributed by atoms with E-state index in [4.69, 9.17) is 0 Å². The number of hydrogen-bond acceptors (Lipinski definition) is 1. The molecule has 2 aromatic carbocycles. The van der Waals surface area contributed by atoms with Crippen LogP contribution in [0.15, 0.2) is 36.4 Å². The summed E-state index contributed by atoms with van der Waals surface area (Å²) in [6.07, 6.45) is 0. The highest BCUT2D eigenvalue weighted by molar-refractivity contribution is 5.68. The Morgan fingerprint density at radius 3 is 2.19 bits per heavy atom. The van der Waals surface area contributed by atoms with Crippen molar-refractivity contribution < 1.29 is 9.50 Å². The molecule has 2 rings (SSSR count). The Morgan fingerprint density at radius 1 is 1.00 bits per heavy atom. The van der Waals surface area contributed by atoms with Gasteiger partial charge in [-0.05, 0) is 48.7 Å². The molecular formula is C14H13FO. The van der Waals surface area contributed by atoms with Gasteiger partial charge >= 0.3 is 0 Å². The monoisotopic (exact) mass is 216 g/mol. The Labute approximate surface area is 94.2 Å². The molecular weight excluding hydrogens is 203 g/mol. The average Bonchev–Trinajstić information content (AvgIpc) is 2.19. The van der Waals surface area contributed by atoms with Crippen LogP contribution >= 0.6 is 0 Å². The summed E-state index contributed by atoms with van der Waals surface area (Å²) in [7, 11) is 0. The largest absolute Gasteiger partial charge is 0.508 e. The van der Waals surface area contributed by atoms with Crippen LogP contribution in [-0.2, 0) is 0 Å². The lowest BCUT2D eigenvalue weighted by Crippen LogP contribution is -1.90. The molecule has 0 unspecified atom stereocenters. The third kappa shape index (κ3) is 1.91. The zero-order chi connectivity index (χ0) is 11.7. The summed E-state index contributed by atoms with van der Waals surface area (Å²) in [6.45, 7) is 3.76. The fourth-order valence-corrected chi connectivity index (χ4v) is 1.91. The lowest BCUT2D eigenvalue weighted by molar-refractivity contribution is 0.475. The van der Waals surface area contributed by atoms with Crippen molar-refractivity contribution in [1.29, 1.82) is 0 Å². The normalized spacial score (nSPS) is 10.4. The van der Waals surface area contributed by atoms with Gasteiger partial charge in [-0.3, -0.25) is 0 Å². The van der Waals surface area contributed by atoms with Crippen LogP contribution in [0.5, 0.6) is 5.75 Å². The van der Waals surface area contributed by atoms with Crippen LogP contribution in [0.25, 0.3) is 11.1 Å². The van der Waals surface area contributed by atoms with Gasteiger partial charge in [-0.2, -0.15) is 0 Å². The molecule has 16 heavy (non-hydrogen) atoms. The van der Waals surface area contributed by atoms with Gasteiger partial charge in [0.2, 0.25) is 0 Å². The van der Waals surface area contributed by atoms with E-state index in [2.05, 4.69) is 0 Å². The van der Waals surface area contributed by atoms with Crippen LogP contribution in [-0.4, -0.2) is 5.11 Å². The third-order valence-electron chi connectivity index (χ3n) is 2.59. The van der Waals surface area contributed by atoms with Crippen molar-refractivity contribution in [3.05, 3.63) is 53.3 Å². The Morgan fingerprint density at radius 2 is 1.62 bits per heavy atom. The Hall–Kier alpha value is -1.83. The maximum Gasteiger partial charge on any atom is 0.131 e. The van der Waals surface area contributed by atoms with Gasteiger partial charge < -0.3 is 5.11 Å². The van der Waals surface area contributed by atoms with Crippen molar-refractivity contribution in [3.63, 3.8) is 0 Å². The molecule has 0 saturated heterocycles. The van der Waals surface area contributed by atoms with Gasteiger partial charge in [-0.1, -0.05) is 18.2 Å². The highest BCUT2D eigenvalue weighted by Crippen LogP contribution is 2.28. The highest BCUT2D eigenvalue weighted by atomic mass is 19.1. The van der Waals surface area contributed by atoms with Crippen molar-refractivity contribution in [2.24, 2.45) is 0 Å². The molecule has 0 radical (unpaired) electrons. The van der Waals surface area contributed by atoms with Gasteiger partial charge in [0.05, 0.1) is 0 Å². The molecule has 0 aliphatic carbocycles. The molecule has 0 aliphatic heterocycles. The summed E-state index contributed by atoms with van der Waals surface area (Å²) < 4.78 is 13.8. The van der Waals surface area contributed by atoms with E-state index < -0.39 is 0 Å². The summed E-state index contributed by atoms with van der Waals surface area (Å²) in [5, 5.41) is 9.19. The molecule has 1 N–H and O–H groups in total. The number of hydrogen-bond donors (Lipinski definition) is 1. The second kappa shape index (κ2) is 3.97. The van der Waals surface area contributed by atoms with Crippen molar-refractivity contribution in [2.45, 2.75) is 13.8 Å². The number of aromatic hydroxyl groups is 1. The summed E-state index contributed by atoms with van der Waals surface area (Å²) in [4.78, 5) is 0. The Kier molecular flexibility index (Phi) is 2.65. The first-order valence-electron chi connectivity index (χ1n) is 5.14. The lowest BCUT2D eigenvalue weighted by atomic mass is 9.98. The molecule has 82 valence electrons. The quantitative estimate of drug-likeness (QED) is 0.768. The highest BCUT2D eigenvalue weighted by Gasteiger charge is 2.08. The van der Waals surface area contributed by atoms with E-state index in [1.165, 1.54) is 6.07 Å². The molecule has 0 fully saturated rings. The van der Waals surface area contributed by atoms with Crippen molar-refractivity contribution in [1.82, 2.24) is 0 Å². The smallest absolute Gasteiger partial charge is 0.131 e. The molecule has 0 amide bonds. The summed E-state index contributed by atoms with van der Waals surface area (Å²) in [6, 6.07) is 10.0. The Bertz CT molecular complexity index is 492. The molecule has 0 spiro atoms. The standard InChI is InChI=1S/C14H13FO/c1-9-7-10(2)14(13(15)8-9)11-3-5-12(16)6-4-11/h3-8,16H,1-2H3. The van der Waals surface area contributed by atoms with E-state index in [-0.39, 0.29) is 11.6 Å². The molecule has 2 heteroatoms. The minimum Gasteiger partial charge on any atom is -0.508 e. The van der Waals surface area contributed by atoms with Crippen LogP contribution in [0.4, 0.5) is 4.39 Å². The maximum absolute atomic E-state index is 13.8. The molecule has 0 aliphatic rings. The van der Waals surface area contributed by atoms with Crippen LogP contribution in [0.1, 0.15) is 11.1 Å². The summed E-state index contributed by atoms with van der Waals surface area (Å²) >= 11 is 0. The average molecular weight is 216 g/mol. The van der Waals surface area contributed by atoms with Crippen molar-refractivity contribution >= 4 is 0 Å². The fraction of sp³-hybridized carbons (Fsp3) is 0.143. The zero-order valence-electron chi connectivity index (χ0n) is 9.29. The minimum absolute atomic E-state index is 0.189. The van der Waals surface area contributed by atoms with Gasteiger partial charge in [0.1, 0.15) is 11.6 Å². The molecule has 2 aromatic rings. The second-order valence-electron chi connectivity index (χ2n) is 3.99. The van der Waals surface area contributed by atoms with Crippen molar-refractivity contribution in [3.8, 4) is 16.9 Å². The number of aryl methyl sites for hydroxylation is 2. The van der Waals surface area contributed by atoms with E-state index >= 15 is 0 Å². The third-order valence-corrected chi connectivity index (χ3v) is 2.59. The number of benzene rings is 2. The van der Waals surface area contributed by atoms with Crippen LogP contribution in [0, 0.1) is 19.7 Å². The second-order valence-corrected chi connectivity index (χ2v) is 3.99. The SMILES string of the molecule is Cc1cc(C)c(-c2ccc(O)cc2)c(F)c1. The minimum atomic E-state index is -0.219. The van der Waals surface area contributed by atoms with Crippen LogP contribution < -0.4 is 0 Å². The van der Waals surface area contributed by atoms with E-state index in [9.17, 15) is 9.50 Å². The van der Waals surface area contributed by atoms with E-state index in [1.807, 2.05) is 19.9 Å². The van der Waals surface area contributed by atoms with E-state index in [0.717, 1.165) is 16.7 Å². The van der Waals surface area contributed by atoms with Gasteiger partial charge in [0.15, 0.2) is 0 Å². The predicted octanol–water partition coefficient (Wildman–Crippen LogP) is 3.82. The van der Waals surface area contributed by atoms with Gasteiger partial charge in [-0.15, -0.1) is 0 Å². The first-order valence-corrected chi connectivity index (χ1v) is 5.14. The topological polar surface area (TPSA) is 20.2 Å². The first kappa shape index (κ1) is 10.7. The van der Waals surface area contributed by atoms with Crippen molar-refractivity contribution in [2.75, 3.05) is 0 Å². The summed E-state index contributed by atoms with van der Waals surface area (Å²) in [5.41, 5.74) is 3.21. The maximum atomic E-state index is 13.8. The number of halogens is 1. The van der Waals surface area contributed by atoms with E-state index in [0.29, 0.717) is 5.56 Å². The molecule has 0 aromatic heterocycles. The molecule has 0 heterocycles. The number of phenolic OH excluding ortho intramolecular Hbond substituents is 1. The number of phenols is 1. The lowest BCUT2D eigenvalue weighted by Gasteiger charge is -2.09.